The molecular formula is C30H36N2O3. The highest BCUT2D eigenvalue weighted by Crippen LogP contribution is 2.27. The molecule has 2 aliphatic heterocycles. The highest BCUT2D eigenvalue weighted by molar-refractivity contribution is 5.97. The van der Waals surface area contributed by atoms with Gasteiger partial charge >= 0.3 is 0 Å². The van der Waals surface area contributed by atoms with E-state index in [1.54, 1.807) is 7.11 Å². The lowest BCUT2D eigenvalue weighted by Gasteiger charge is -2.31. The lowest BCUT2D eigenvalue weighted by Crippen LogP contribution is -2.41. The monoisotopic (exact) mass is 472 g/mol. The van der Waals surface area contributed by atoms with E-state index >= 15 is 0 Å². The minimum Gasteiger partial charge on any atom is -0.497 e. The minimum atomic E-state index is -0.420. The molecule has 5 rings (SSSR count). The number of amides is 1. The van der Waals surface area contributed by atoms with Gasteiger partial charge in [-0.1, -0.05) is 30.3 Å². The lowest BCUT2D eigenvalue weighted by atomic mass is 9.93. The first-order chi connectivity index (χ1) is 16.9. The fourth-order valence-electron chi connectivity index (χ4n) is 5.77. The third-order valence-corrected chi connectivity index (χ3v) is 7.84. The average molecular weight is 473 g/mol. The Hall–Kier alpha value is -2.89. The third kappa shape index (κ3) is 5.07. The maximum absolute atomic E-state index is 13.1. The van der Waals surface area contributed by atoms with Gasteiger partial charge < -0.3 is 19.6 Å². The van der Waals surface area contributed by atoms with E-state index in [1.165, 1.54) is 22.1 Å². The van der Waals surface area contributed by atoms with Gasteiger partial charge in [0.15, 0.2) is 0 Å². The predicted octanol–water partition coefficient (Wildman–Crippen LogP) is 4.39. The molecule has 2 heterocycles. The van der Waals surface area contributed by atoms with Gasteiger partial charge in [0.25, 0.3) is 5.91 Å². The van der Waals surface area contributed by atoms with Gasteiger partial charge in [-0.2, -0.15) is 0 Å². The molecule has 184 valence electrons. The molecule has 2 unspecified atom stereocenters. The van der Waals surface area contributed by atoms with Crippen LogP contribution in [0.15, 0.2) is 48.5 Å². The van der Waals surface area contributed by atoms with E-state index in [-0.39, 0.29) is 5.91 Å². The summed E-state index contributed by atoms with van der Waals surface area (Å²) in [7, 11) is 1.68. The first-order valence-electron chi connectivity index (χ1n) is 12.8. The molecule has 1 fully saturated rings. The number of aliphatic hydroxyl groups excluding tert-OH is 1. The molecular weight excluding hydrogens is 436 g/mol. The predicted molar refractivity (Wildman–Crippen MR) is 140 cm³/mol. The number of hydrogen-bond acceptors (Lipinski definition) is 4. The number of carbonyl (C=O) groups excluding carboxylic acids is 1. The van der Waals surface area contributed by atoms with Crippen molar-refractivity contribution in [3.63, 3.8) is 0 Å². The van der Waals surface area contributed by atoms with Crippen molar-refractivity contribution in [3.05, 3.63) is 76.3 Å². The molecule has 0 radical (unpaired) electrons. The molecule has 1 amide bonds. The number of benzene rings is 3. The number of likely N-dealkylation sites (tertiary alicyclic amines) is 1. The van der Waals surface area contributed by atoms with Gasteiger partial charge in [0, 0.05) is 38.2 Å². The molecule has 3 aromatic carbocycles. The summed E-state index contributed by atoms with van der Waals surface area (Å²) in [6.45, 7) is 8.39. The maximum atomic E-state index is 13.1. The summed E-state index contributed by atoms with van der Waals surface area (Å²) < 4.78 is 5.35. The molecule has 0 spiro atoms. The summed E-state index contributed by atoms with van der Waals surface area (Å²) >= 11 is 0. The molecule has 3 aromatic rings. The largest absolute Gasteiger partial charge is 0.497 e. The normalized spacial score (nSPS) is 19.3. The molecule has 2 atom stereocenters. The van der Waals surface area contributed by atoms with Crippen LogP contribution in [0.5, 0.6) is 5.75 Å². The molecule has 1 N–H and O–H groups in total. The number of rotatable bonds is 7. The maximum Gasteiger partial charge on any atom is 0.254 e. The van der Waals surface area contributed by atoms with E-state index in [2.05, 4.69) is 49.1 Å². The standard InChI is InChI=1S/C30H36N2O3/c1-20-13-25-10-12-32(30(34)29(25)14-21(20)2)18-22-9-11-31(17-22)19-26(33)15-23-5-4-6-24-16-27(35-3)7-8-28(23)24/h4-8,13-14,16,22,26,33H,9-12,15,17-19H2,1-3H3. The van der Waals surface area contributed by atoms with Gasteiger partial charge in [-0.25, -0.2) is 0 Å². The van der Waals surface area contributed by atoms with Crippen molar-refractivity contribution in [1.29, 1.82) is 0 Å². The molecule has 0 saturated carbocycles. The Bertz CT molecular complexity index is 1240. The fourth-order valence-corrected chi connectivity index (χ4v) is 5.77. The Kier molecular flexibility index (Phi) is 6.81. The number of hydrogen-bond donors (Lipinski definition) is 1. The Balaban J connectivity index is 1.17. The minimum absolute atomic E-state index is 0.181. The fraction of sp³-hybridized carbons (Fsp3) is 0.433. The van der Waals surface area contributed by atoms with Gasteiger partial charge in [0.1, 0.15) is 5.75 Å². The average Bonchev–Trinajstić information content (AvgIpc) is 3.28. The Morgan fingerprint density at radius 3 is 2.74 bits per heavy atom. The summed E-state index contributed by atoms with van der Waals surface area (Å²) in [5, 5.41) is 13.2. The highest BCUT2D eigenvalue weighted by Gasteiger charge is 2.30. The molecule has 0 bridgehead atoms. The molecule has 5 heteroatoms. The van der Waals surface area contributed by atoms with Gasteiger partial charge in [0.2, 0.25) is 0 Å². The summed E-state index contributed by atoms with van der Waals surface area (Å²) in [5.41, 5.74) is 5.69. The number of aliphatic hydroxyl groups is 1. The van der Waals surface area contributed by atoms with Crippen molar-refractivity contribution in [3.8, 4) is 5.75 Å². The Morgan fingerprint density at radius 1 is 1.09 bits per heavy atom. The van der Waals surface area contributed by atoms with Crippen LogP contribution >= 0.6 is 0 Å². The van der Waals surface area contributed by atoms with Crippen LogP contribution in [-0.4, -0.2) is 66.8 Å². The first kappa shape index (κ1) is 23.8. The SMILES string of the molecule is COc1ccc2c(CC(O)CN3CCC(CN4CCc5cc(C)c(C)cc5C4=O)C3)cccc2c1. The van der Waals surface area contributed by atoms with Crippen molar-refractivity contribution in [2.75, 3.05) is 39.8 Å². The number of aryl methyl sites for hydroxylation is 2. The second-order valence-corrected chi connectivity index (χ2v) is 10.4. The third-order valence-electron chi connectivity index (χ3n) is 7.84. The van der Waals surface area contributed by atoms with E-state index in [1.807, 2.05) is 23.1 Å². The summed E-state index contributed by atoms with van der Waals surface area (Å²) in [5.74, 6) is 1.49. The number of carbonyl (C=O) groups is 1. The van der Waals surface area contributed by atoms with E-state index in [0.717, 1.165) is 61.3 Å². The van der Waals surface area contributed by atoms with Gasteiger partial charge in [0.05, 0.1) is 13.2 Å². The topological polar surface area (TPSA) is 53.0 Å². The molecule has 35 heavy (non-hydrogen) atoms. The van der Waals surface area contributed by atoms with Crippen molar-refractivity contribution < 1.29 is 14.6 Å². The number of ether oxygens (including phenoxy) is 1. The van der Waals surface area contributed by atoms with Crippen molar-refractivity contribution >= 4 is 16.7 Å². The van der Waals surface area contributed by atoms with Crippen LogP contribution in [0.4, 0.5) is 0 Å². The second kappa shape index (κ2) is 10.00. The summed E-state index contributed by atoms with van der Waals surface area (Å²) in [4.78, 5) is 17.6. The quantitative estimate of drug-likeness (QED) is 0.554. The zero-order chi connectivity index (χ0) is 24.5. The van der Waals surface area contributed by atoms with E-state index in [9.17, 15) is 9.90 Å². The lowest BCUT2D eigenvalue weighted by molar-refractivity contribution is 0.0707. The van der Waals surface area contributed by atoms with Crippen molar-refractivity contribution in [2.45, 2.75) is 39.2 Å². The van der Waals surface area contributed by atoms with Crippen LogP contribution in [0.2, 0.25) is 0 Å². The molecule has 2 aliphatic rings. The Labute approximate surface area is 208 Å². The number of fused-ring (bicyclic) bond motifs is 2. The first-order valence-corrected chi connectivity index (χ1v) is 12.8. The highest BCUT2D eigenvalue weighted by atomic mass is 16.5. The van der Waals surface area contributed by atoms with Crippen LogP contribution < -0.4 is 4.74 Å². The molecule has 0 aromatic heterocycles. The van der Waals surface area contributed by atoms with Crippen LogP contribution in [0, 0.1) is 19.8 Å². The number of methoxy groups -OCH3 is 1. The van der Waals surface area contributed by atoms with Gasteiger partial charge in [-0.15, -0.1) is 0 Å². The number of β-amino-alcohol motifs (C(OH)–C–C–N with tert-alkyl or cyclic N) is 1. The van der Waals surface area contributed by atoms with Crippen molar-refractivity contribution in [1.82, 2.24) is 9.80 Å². The Morgan fingerprint density at radius 2 is 1.91 bits per heavy atom. The molecule has 5 nitrogen and oxygen atoms in total. The van der Waals surface area contributed by atoms with Crippen LogP contribution in [0.1, 0.15) is 39.0 Å². The summed E-state index contributed by atoms with van der Waals surface area (Å²) in [6, 6.07) is 16.6. The molecule has 0 aliphatic carbocycles. The molecule has 1 saturated heterocycles. The van der Waals surface area contributed by atoms with Crippen LogP contribution in [0.3, 0.4) is 0 Å². The zero-order valence-electron chi connectivity index (χ0n) is 21.1. The second-order valence-electron chi connectivity index (χ2n) is 10.4. The van der Waals surface area contributed by atoms with E-state index in [0.29, 0.717) is 18.9 Å². The van der Waals surface area contributed by atoms with E-state index < -0.39 is 6.10 Å². The summed E-state index contributed by atoms with van der Waals surface area (Å²) in [6.07, 6.45) is 2.22. The smallest absolute Gasteiger partial charge is 0.254 e. The van der Waals surface area contributed by atoms with Crippen molar-refractivity contribution in [2.24, 2.45) is 5.92 Å². The number of nitrogens with zero attached hydrogens (tertiary/aromatic N) is 2. The van der Waals surface area contributed by atoms with Crippen LogP contribution in [-0.2, 0) is 12.8 Å². The van der Waals surface area contributed by atoms with Gasteiger partial charge in [-0.05, 0) is 90.4 Å². The van der Waals surface area contributed by atoms with Gasteiger partial charge in [-0.3, -0.25) is 4.79 Å². The van der Waals surface area contributed by atoms with Crippen LogP contribution in [0.25, 0.3) is 10.8 Å². The van der Waals surface area contributed by atoms with E-state index in [4.69, 9.17) is 4.74 Å². The zero-order valence-corrected chi connectivity index (χ0v) is 21.1.